The van der Waals surface area contributed by atoms with Crippen molar-refractivity contribution >= 4 is 16.8 Å². The second-order valence-corrected chi connectivity index (χ2v) is 10.1. The molecular weight excluding hydrogens is 430 g/mol. The Balaban J connectivity index is 1.73. The zero-order chi connectivity index (χ0) is 24.5. The molecule has 0 aliphatic heterocycles. The number of hydrogen-bond acceptors (Lipinski definition) is 5. The second kappa shape index (κ2) is 9.49. The summed E-state index contributed by atoms with van der Waals surface area (Å²) in [7, 11) is 3.13. The SMILES string of the molecule is COc1cc(OC)cc(-c2nc3ccccc3c(=O)n2NC(=O)C2CCC(C(C)(C)C)CC2)c1. The van der Waals surface area contributed by atoms with E-state index in [1.54, 1.807) is 50.6 Å². The summed E-state index contributed by atoms with van der Waals surface area (Å²) in [5, 5.41) is 0.442. The second-order valence-electron chi connectivity index (χ2n) is 10.1. The van der Waals surface area contributed by atoms with E-state index in [2.05, 4.69) is 26.2 Å². The third-order valence-electron chi connectivity index (χ3n) is 6.93. The van der Waals surface area contributed by atoms with Gasteiger partial charge in [-0.1, -0.05) is 32.9 Å². The van der Waals surface area contributed by atoms with Crippen LogP contribution in [0.2, 0.25) is 0 Å². The number of carbonyl (C=O) groups is 1. The van der Waals surface area contributed by atoms with Crippen molar-refractivity contribution < 1.29 is 14.3 Å². The molecular formula is C27H33N3O4. The molecule has 0 radical (unpaired) electrons. The van der Waals surface area contributed by atoms with Gasteiger partial charge in [0.2, 0.25) is 5.91 Å². The number of amides is 1. The maximum absolute atomic E-state index is 13.5. The first-order chi connectivity index (χ1) is 16.2. The van der Waals surface area contributed by atoms with E-state index in [1.165, 1.54) is 4.68 Å². The fraction of sp³-hybridized carbons (Fsp3) is 0.444. The van der Waals surface area contributed by atoms with Gasteiger partial charge in [0.1, 0.15) is 11.5 Å². The van der Waals surface area contributed by atoms with Crippen LogP contribution < -0.4 is 20.5 Å². The maximum atomic E-state index is 13.5. The van der Waals surface area contributed by atoms with Crippen LogP contribution >= 0.6 is 0 Å². The molecule has 7 nitrogen and oxygen atoms in total. The molecule has 0 atom stereocenters. The van der Waals surface area contributed by atoms with Crippen molar-refractivity contribution in [1.82, 2.24) is 9.66 Å². The predicted molar refractivity (Wildman–Crippen MR) is 134 cm³/mol. The van der Waals surface area contributed by atoms with Crippen molar-refractivity contribution in [2.24, 2.45) is 17.3 Å². The van der Waals surface area contributed by atoms with E-state index in [0.717, 1.165) is 25.7 Å². The standard InChI is InChI=1S/C27H33N3O4/c1-27(2,3)19-12-10-17(11-13-19)25(31)29-30-24(18-14-20(33-4)16-21(15-18)34-5)28-23-9-7-6-8-22(23)26(30)32/h6-9,14-17,19H,10-13H2,1-5H3,(H,29,31). The van der Waals surface area contributed by atoms with Crippen molar-refractivity contribution in [2.45, 2.75) is 46.5 Å². The summed E-state index contributed by atoms with van der Waals surface area (Å²) < 4.78 is 12.1. The van der Waals surface area contributed by atoms with Gasteiger partial charge in [-0.05, 0) is 61.3 Å². The van der Waals surface area contributed by atoms with Gasteiger partial charge < -0.3 is 9.47 Å². The molecule has 0 bridgehead atoms. The predicted octanol–water partition coefficient (Wildman–Crippen LogP) is 5.00. The number of methoxy groups -OCH3 is 2. The van der Waals surface area contributed by atoms with Crippen LogP contribution in [-0.4, -0.2) is 29.8 Å². The number of nitrogens with zero attached hydrogens (tertiary/aromatic N) is 2. The van der Waals surface area contributed by atoms with Crippen LogP contribution in [0, 0.1) is 17.3 Å². The topological polar surface area (TPSA) is 82.4 Å². The highest BCUT2D eigenvalue weighted by Crippen LogP contribution is 2.40. The molecule has 1 heterocycles. The van der Waals surface area contributed by atoms with Crippen LogP contribution in [0.4, 0.5) is 0 Å². The summed E-state index contributed by atoms with van der Waals surface area (Å²) in [5.41, 5.74) is 3.97. The number of rotatable bonds is 5. The normalized spacial score (nSPS) is 18.5. The average Bonchev–Trinajstić information content (AvgIpc) is 2.84. The maximum Gasteiger partial charge on any atom is 0.280 e. The molecule has 0 saturated heterocycles. The molecule has 4 rings (SSSR count). The zero-order valence-electron chi connectivity index (χ0n) is 20.6. The van der Waals surface area contributed by atoms with Crippen molar-refractivity contribution in [3.05, 3.63) is 52.8 Å². The molecule has 180 valence electrons. The highest BCUT2D eigenvalue weighted by molar-refractivity contribution is 5.88. The molecule has 3 aromatic rings. The van der Waals surface area contributed by atoms with Crippen LogP contribution in [-0.2, 0) is 4.79 Å². The van der Waals surface area contributed by atoms with Crippen LogP contribution in [0.25, 0.3) is 22.3 Å². The van der Waals surface area contributed by atoms with Crippen molar-refractivity contribution in [3.8, 4) is 22.9 Å². The zero-order valence-corrected chi connectivity index (χ0v) is 20.6. The van der Waals surface area contributed by atoms with Gasteiger partial charge in [-0.2, -0.15) is 4.68 Å². The first-order valence-electron chi connectivity index (χ1n) is 11.8. The van der Waals surface area contributed by atoms with Crippen molar-refractivity contribution in [1.29, 1.82) is 0 Å². The molecule has 1 aliphatic carbocycles. The first kappa shape index (κ1) is 23.8. The lowest BCUT2D eigenvalue weighted by atomic mass is 9.70. The highest BCUT2D eigenvalue weighted by Gasteiger charge is 2.33. The van der Waals surface area contributed by atoms with E-state index in [0.29, 0.717) is 39.7 Å². The fourth-order valence-electron chi connectivity index (χ4n) is 4.79. The van der Waals surface area contributed by atoms with Crippen LogP contribution in [0.15, 0.2) is 47.3 Å². The number of benzene rings is 2. The molecule has 0 spiro atoms. The van der Waals surface area contributed by atoms with Gasteiger partial charge in [0.15, 0.2) is 5.82 Å². The third kappa shape index (κ3) is 4.79. The Hall–Kier alpha value is -3.35. The summed E-state index contributed by atoms with van der Waals surface area (Å²) >= 11 is 0. The van der Waals surface area contributed by atoms with Gasteiger partial charge in [-0.3, -0.25) is 15.0 Å². The van der Waals surface area contributed by atoms with E-state index in [9.17, 15) is 9.59 Å². The minimum absolute atomic E-state index is 0.135. The lowest BCUT2D eigenvalue weighted by molar-refractivity contribution is -0.122. The minimum Gasteiger partial charge on any atom is -0.497 e. The summed E-state index contributed by atoms with van der Waals surface area (Å²) in [5.74, 6) is 1.77. The number of ether oxygens (including phenoxy) is 2. The Bertz CT molecular complexity index is 1230. The number of aromatic nitrogens is 2. The molecule has 1 fully saturated rings. The summed E-state index contributed by atoms with van der Waals surface area (Å²) in [6, 6.07) is 12.4. The van der Waals surface area contributed by atoms with Gasteiger partial charge in [0.05, 0.1) is 25.1 Å². The molecule has 2 aromatic carbocycles. The Morgan fingerprint density at radius 3 is 2.21 bits per heavy atom. The summed E-state index contributed by atoms with van der Waals surface area (Å²) in [6.45, 7) is 6.77. The molecule has 1 saturated carbocycles. The number of nitrogens with one attached hydrogen (secondary N) is 1. The average molecular weight is 464 g/mol. The van der Waals surface area contributed by atoms with Gasteiger partial charge in [-0.25, -0.2) is 4.98 Å². The number of carbonyl (C=O) groups excluding carboxylic acids is 1. The largest absolute Gasteiger partial charge is 0.497 e. The third-order valence-corrected chi connectivity index (χ3v) is 6.93. The van der Waals surface area contributed by atoms with Crippen LogP contribution in [0.5, 0.6) is 11.5 Å². The number of para-hydroxylation sites is 1. The molecule has 1 aromatic heterocycles. The smallest absolute Gasteiger partial charge is 0.280 e. The Kier molecular flexibility index (Phi) is 6.64. The van der Waals surface area contributed by atoms with Gasteiger partial charge in [0, 0.05) is 17.5 Å². The highest BCUT2D eigenvalue weighted by atomic mass is 16.5. The lowest BCUT2D eigenvalue weighted by Gasteiger charge is -2.36. The fourth-order valence-corrected chi connectivity index (χ4v) is 4.79. The molecule has 1 aliphatic rings. The molecule has 1 amide bonds. The molecule has 7 heteroatoms. The van der Waals surface area contributed by atoms with Crippen LogP contribution in [0.3, 0.4) is 0 Å². The van der Waals surface area contributed by atoms with Gasteiger partial charge >= 0.3 is 0 Å². The van der Waals surface area contributed by atoms with Crippen LogP contribution in [0.1, 0.15) is 46.5 Å². The summed E-state index contributed by atoms with van der Waals surface area (Å²) in [6.07, 6.45) is 3.64. The molecule has 1 N–H and O–H groups in total. The Labute approximate surface area is 200 Å². The summed E-state index contributed by atoms with van der Waals surface area (Å²) in [4.78, 5) is 31.5. The molecule has 0 unspecified atom stereocenters. The van der Waals surface area contributed by atoms with Crippen molar-refractivity contribution in [3.63, 3.8) is 0 Å². The van der Waals surface area contributed by atoms with E-state index in [1.807, 2.05) is 6.07 Å². The quantitative estimate of drug-likeness (QED) is 0.576. The van der Waals surface area contributed by atoms with E-state index in [-0.39, 0.29) is 22.8 Å². The van der Waals surface area contributed by atoms with Gasteiger partial charge in [-0.15, -0.1) is 0 Å². The monoisotopic (exact) mass is 463 g/mol. The Morgan fingerprint density at radius 2 is 1.62 bits per heavy atom. The van der Waals surface area contributed by atoms with Crippen molar-refractivity contribution in [2.75, 3.05) is 19.6 Å². The lowest BCUT2D eigenvalue weighted by Crippen LogP contribution is -2.39. The van der Waals surface area contributed by atoms with E-state index in [4.69, 9.17) is 14.5 Å². The minimum atomic E-state index is -0.320. The van der Waals surface area contributed by atoms with Gasteiger partial charge in [0.25, 0.3) is 5.56 Å². The Morgan fingerprint density at radius 1 is 1.00 bits per heavy atom. The van der Waals surface area contributed by atoms with E-state index < -0.39 is 0 Å². The number of hydrogen-bond donors (Lipinski definition) is 1. The number of fused-ring (bicyclic) bond motifs is 1. The molecule has 34 heavy (non-hydrogen) atoms. The first-order valence-corrected chi connectivity index (χ1v) is 11.8. The van der Waals surface area contributed by atoms with E-state index >= 15 is 0 Å².